The number of likely N-dealkylation sites (N-methyl/N-ethyl adjacent to an activating group) is 1. The standard InChI is InChI=1S/C11H18N4O/c1-12-11(16)9-5-4-6-13-10(9)14-7-8-15(2)3/h4-6H,7-8H2,1-3H3,(H,12,16)(H,13,14). The fraction of sp³-hybridized carbons (Fsp3) is 0.455. The Morgan fingerprint density at radius 1 is 1.50 bits per heavy atom. The van der Waals surface area contributed by atoms with Gasteiger partial charge in [-0.15, -0.1) is 0 Å². The smallest absolute Gasteiger partial charge is 0.254 e. The van der Waals surface area contributed by atoms with Gasteiger partial charge in [-0.25, -0.2) is 4.98 Å². The van der Waals surface area contributed by atoms with Crippen molar-refractivity contribution in [1.82, 2.24) is 15.2 Å². The Bertz CT molecular complexity index is 352. The van der Waals surface area contributed by atoms with Gasteiger partial charge in [-0.2, -0.15) is 0 Å². The SMILES string of the molecule is CNC(=O)c1cccnc1NCCN(C)C. The van der Waals surface area contributed by atoms with E-state index in [0.29, 0.717) is 11.4 Å². The molecular formula is C11H18N4O. The molecule has 1 aromatic rings. The van der Waals surface area contributed by atoms with Crippen molar-refractivity contribution in [2.24, 2.45) is 0 Å². The molecule has 0 aliphatic carbocycles. The van der Waals surface area contributed by atoms with E-state index < -0.39 is 0 Å². The van der Waals surface area contributed by atoms with Crippen LogP contribution in [0.15, 0.2) is 18.3 Å². The van der Waals surface area contributed by atoms with Crippen molar-refractivity contribution >= 4 is 11.7 Å². The molecule has 0 saturated carbocycles. The summed E-state index contributed by atoms with van der Waals surface area (Å²) in [6.07, 6.45) is 1.67. The molecule has 2 N–H and O–H groups in total. The summed E-state index contributed by atoms with van der Waals surface area (Å²) in [6, 6.07) is 3.51. The minimum absolute atomic E-state index is 0.125. The van der Waals surface area contributed by atoms with Crippen LogP contribution in [-0.2, 0) is 0 Å². The second kappa shape index (κ2) is 6.07. The first kappa shape index (κ1) is 12.4. The molecule has 5 nitrogen and oxygen atoms in total. The van der Waals surface area contributed by atoms with Crippen LogP contribution in [0.5, 0.6) is 0 Å². The monoisotopic (exact) mass is 222 g/mol. The summed E-state index contributed by atoms with van der Waals surface area (Å²) in [5.74, 6) is 0.504. The van der Waals surface area contributed by atoms with E-state index in [1.807, 2.05) is 14.1 Å². The molecule has 0 unspecified atom stereocenters. The highest BCUT2D eigenvalue weighted by molar-refractivity contribution is 5.98. The first-order valence-electron chi connectivity index (χ1n) is 5.21. The molecule has 0 aliphatic rings. The average molecular weight is 222 g/mol. The van der Waals surface area contributed by atoms with Crippen LogP contribution >= 0.6 is 0 Å². The Morgan fingerprint density at radius 2 is 2.25 bits per heavy atom. The maximum atomic E-state index is 11.5. The summed E-state index contributed by atoms with van der Waals surface area (Å²) in [5, 5.41) is 5.74. The summed E-state index contributed by atoms with van der Waals surface area (Å²) < 4.78 is 0. The van der Waals surface area contributed by atoms with Gasteiger partial charge in [-0.1, -0.05) is 0 Å². The van der Waals surface area contributed by atoms with E-state index in [9.17, 15) is 4.79 Å². The van der Waals surface area contributed by atoms with Crippen LogP contribution in [0, 0.1) is 0 Å². The predicted molar refractivity (Wildman–Crippen MR) is 64.7 cm³/mol. The van der Waals surface area contributed by atoms with Gasteiger partial charge in [-0.05, 0) is 26.2 Å². The molecule has 1 rings (SSSR count). The number of aromatic nitrogens is 1. The number of hydrogen-bond acceptors (Lipinski definition) is 4. The third kappa shape index (κ3) is 3.51. The van der Waals surface area contributed by atoms with E-state index in [4.69, 9.17) is 0 Å². The van der Waals surface area contributed by atoms with Gasteiger partial charge >= 0.3 is 0 Å². The van der Waals surface area contributed by atoms with Crippen molar-refractivity contribution < 1.29 is 4.79 Å². The normalized spacial score (nSPS) is 10.2. The molecule has 88 valence electrons. The van der Waals surface area contributed by atoms with E-state index in [-0.39, 0.29) is 5.91 Å². The summed E-state index contributed by atoms with van der Waals surface area (Å²) in [7, 11) is 5.61. The fourth-order valence-electron chi connectivity index (χ4n) is 1.26. The third-order valence-corrected chi connectivity index (χ3v) is 2.13. The lowest BCUT2D eigenvalue weighted by Gasteiger charge is -2.12. The van der Waals surface area contributed by atoms with E-state index in [1.165, 1.54) is 0 Å². The molecule has 5 heteroatoms. The van der Waals surface area contributed by atoms with Crippen molar-refractivity contribution in [3.63, 3.8) is 0 Å². The fourth-order valence-corrected chi connectivity index (χ4v) is 1.26. The third-order valence-electron chi connectivity index (χ3n) is 2.13. The largest absolute Gasteiger partial charge is 0.368 e. The van der Waals surface area contributed by atoms with Crippen molar-refractivity contribution in [2.45, 2.75) is 0 Å². The molecule has 1 amide bonds. The van der Waals surface area contributed by atoms with Crippen molar-refractivity contribution in [2.75, 3.05) is 39.5 Å². The molecule has 0 saturated heterocycles. The number of carbonyl (C=O) groups is 1. The lowest BCUT2D eigenvalue weighted by atomic mass is 10.2. The highest BCUT2D eigenvalue weighted by atomic mass is 16.1. The number of hydrogen-bond donors (Lipinski definition) is 2. The molecule has 0 atom stereocenters. The number of nitrogens with zero attached hydrogens (tertiary/aromatic N) is 2. The molecule has 16 heavy (non-hydrogen) atoms. The maximum absolute atomic E-state index is 11.5. The van der Waals surface area contributed by atoms with Gasteiger partial charge in [0, 0.05) is 26.3 Å². The number of amides is 1. The topological polar surface area (TPSA) is 57.3 Å². The summed E-state index contributed by atoms with van der Waals surface area (Å²) >= 11 is 0. The first-order valence-corrected chi connectivity index (χ1v) is 5.21. The zero-order valence-electron chi connectivity index (χ0n) is 9.95. The Kier molecular flexibility index (Phi) is 4.72. The number of carbonyl (C=O) groups excluding carboxylic acids is 1. The Morgan fingerprint density at radius 3 is 2.88 bits per heavy atom. The van der Waals surface area contributed by atoms with Crippen LogP contribution in [0.4, 0.5) is 5.82 Å². The minimum Gasteiger partial charge on any atom is -0.368 e. The predicted octanol–water partition coefficient (Wildman–Crippen LogP) is 0.415. The van der Waals surface area contributed by atoms with Crippen molar-refractivity contribution in [3.05, 3.63) is 23.9 Å². The summed E-state index contributed by atoms with van der Waals surface area (Å²) in [5.41, 5.74) is 0.573. The lowest BCUT2D eigenvalue weighted by molar-refractivity contribution is 0.0963. The Labute approximate surface area is 95.9 Å². The van der Waals surface area contributed by atoms with Crippen molar-refractivity contribution in [3.8, 4) is 0 Å². The average Bonchev–Trinajstić information content (AvgIpc) is 2.28. The van der Waals surface area contributed by atoms with Crippen LogP contribution in [0.3, 0.4) is 0 Å². The second-order valence-electron chi connectivity index (χ2n) is 3.71. The molecule has 0 aromatic carbocycles. The summed E-state index contributed by atoms with van der Waals surface area (Å²) in [6.45, 7) is 1.65. The zero-order valence-corrected chi connectivity index (χ0v) is 9.95. The van der Waals surface area contributed by atoms with Crippen LogP contribution in [-0.4, -0.2) is 50.0 Å². The number of rotatable bonds is 5. The van der Waals surface area contributed by atoms with E-state index in [0.717, 1.165) is 13.1 Å². The zero-order chi connectivity index (χ0) is 12.0. The molecule has 1 aromatic heterocycles. The minimum atomic E-state index is -0.125. The molecule has 1 heterocycles. The van der Waals surface area contributed by atoms with E-state index in [2.05, 4.69) is 20.5 Å². The van der Waals surface area contributed by atoms with Crippen LogP contribution in [0.25, 0.3) is 0 Å². The van der Waals surface area contributed by atoms with Gasteiger partial charge < -0.3 is 15.5 Å². The van der Waals surface area contributed by atoms with E-state index >= 15 is 0 Å². The molecular weight excluding hydrogens is 204 g/mol. The van der Waals surface area contributed by atoms with Crippen LogP contribution in [0.1, 0.15) is 10.4 Å². The molecule has 0 bridgehead atoms. The Hall–Kier alpha value is -1.62. The first-order chi connectivity index (χ1) is 7.65. The van der Waals surface area contributed by atoms with Gasteiger partial charge in [0.1, 0.15) is 5.82 Å². The Balaban J connectivity index is 2.67. The van der Waals surface area contributed by atoms with E-state index in [1.54, 1.807) is 25.4 Å². The van der Waals surface area contributed by atoms with Gasteiger partial charge in [0.2, 0.25) is 0 Å². The number of pyridine rings is 1. The van der Waals surface area contributed by atoms with Crippen LogP contribution < -0.4 is 10.6 Å². The maximum Gasteiger partial charge on any atom is 0.254 e. The van der Waals surface area contributed by atoms with Crippen molar-refractivity contribution in [1.29, 1.82) is 0 Å². The molecule has 0 fully saturated rings. The highest BCUT2D eigenvalue weighted by Crippen LogP contribution is 2.10. The van der Waals surface area contributed by atoms with Crippen LogP contribution in [0.2, 0.25) is 0 Å². The molecule has 0 spiro atoms. The van der Waals surface area contributed by atoms with Gasteiger partial charge in [0.15, 0.2) is 0 Å². The number of nitrogens with one attached hydrogen (secondary N) is 2. The molecule has 0 radical (unpaired) electrons. The molecule has 0 aliphatic heterocycles. The quantitative estimate of drug-likeness (QED) is 0.758. The summed E-state index contributed by atoms with van der Waals surface area (Å²) in [4.78, 5) is 17.7. The second-order valence-corrected chi connectivity index (χ2v) is 3.71. The highest BCUT2D eigenvalue weighted by Gasteiger charge is 2.09. The van der Waals surface area contributed by atoms with Gasteiger partial charge in [-0.3, -0.25) is 4.79 Å². The van der Waals surface area contributed by atoms with Gasteiger partial charge in [0.05, 0.1) is 5.56 Å². The lowest BCUT2D eigenvalue weighted by Crippen LogP contribution is -2.24. The van der Waals surface area contributed by atoms with Gasteiger partial charge in [0.25, 0.3) is 5.91 Å². The number of anilines is 1.